The van der Waals surface area contributed by atoms with Crippen LogP contribution < -0.4 is 5.32 Å². The fraction of sp³-hybridized carbons (Fsp3) is 0.500. The van der Waals surface area contributed by atoms with Gasteiger partial charge in [-0.3, -0.25) is 0 Å². The number of alkyl halides is 4. The highest BCUT2D eigenvalue weighted by Gasteiger charge is 2.32. The first-order chi connectivity index (χ1) is 7.43. The molecule has 1 aromatic heterocycles. The molecule has 2 nitrogen and oxygen atoms in total. The van der Waals surface area contributed by atoms with E-state index < -0.39 is 11.9 Å². The zero-order valence-corrected chi connectivity index (χ0v) is 9.44. The topological polar surface area (TPSA) is 24.9 Å². The maximum atomic E-state index is 12.3. The number of anilines is 1. The van der Waals surface area contributed by atoms with E-state index in [2.05, 4.69) is 10.3 Å². The van der Waals surface area contributed by atoms with Crippen molar-refractivity contribution in [1.82, 2.24) is 4.98 Å². The minimum atomic E-state index is -4.41. The molecule has 0 aromatic carbocycles. The van der Waals surface area contributed by atoms with Gasteiger partial charge in [-0.2, -0.15) is 13.2 Å². The molecule has 0 fully saturated rings. The number of hydrogen-bond donors (Lipinski definition) is 1. The van der Waals surface area contributed by atoms with E-state index in [0.717, 1.165) is 6.07 Å². The van der Waals surface area contributed by atoms with Gasteiger partial charge in [0.15, 0.2) is 0 Å². The van der Waals surface area contributed by atoms with Crippen LogP contribution in [0.2, 0.25) is 0 Å². The highest BCUT2D eigenvalue weighted by Crippen LogP contribution is 2.28. The third kappa shape index (κ3) is 3.89. The van der Waals surface area contributed by atoms with Gasteiger partial charge in [0.25, 0.3) is 0 Å². The van der Waals surface area contributed by atoms with Gasteiger partial charge in [-0.25, -0.2) is 4.98 Å². The van der Waals surface area contributed by atoms with Crippen molar-refractivity contribution in [3.63, 3.8) is 0 Å². The SMILES string of the molecule is CC(CCl)CNc1cccc(C(F)(F)F)n1. The fourth-order valence-electron chi connectivity index (χ4n) is 1.02. The summed E-state index contributed by atoms with van der Waals surface area (Å²) in [7, 11) is 0. The Morgan fingerprint density at radius 2 is 2.12 bits per heavy atom. The van der Waals surface area contributed by atoms with E-state index in [4.69, 9.17) is 11.6 Å². The number of halogens is 4. The molecule has 16 heavy (non-hydrogen) atoms. The number of nitrogens with zero attached hydrogens (tertiary/aromatic N) is 1. The Labute approximate surface area is 96.8 Å². The molecule has 1 rings (SSSR count). The van der Waals surface area contributed by atoms with E-state index in [1.807, 2.05) is 6.92 Å². The number of rotatable bonds is 4. The second-order valence-electron chi connectivity index (χ2n) is 3.55. The zero-order valence-electron chi connectivity index (χ0n) is 8.68. The first kappa shape index (κ1) is 13.1. The van der Waals surface area contributed by atoms with Crippen LogP contribution in [-0.4, -0.2) is 17.4 Å². The lowest BCUT2D eigenvalue weighted by Gasteiger charge is -2.11. The van der Waals surface area contributed by atoms with Crippen LogP contribution in [0.5, 0.6) is 0 Å². The summed E-state index contributed by atoms with van der Waals surface area (Å²) in [5.41, 5.74) is -0.893. The van der Waals surface area contributed by atoms with Gasteiger partial charge in [-0.05, 0) is 18.1 Å². The molecular weight excluding hydrogens is 241 g/mol. The standard InChI is InChI=1S/C10H12ClF3N2/c1-7(5-11)6-15-9-4-2-3-8(16-9)10(12,13)14/h2-4,7H,5-6H2,1H3,(H,15,16). The fourth-order valence-corrected chi connectivity index (χ4v) is 1.13. The third-order valence-electron chi connectivity index (χ3n) is 1.93. The second kappa shape index (κ2) is 5.39. The van der Waals surface area contributed by atoms with Crippen molar-refractivity contribution in [1.29, 1.82) is 0 Å². The van der Waals surface area contributed by atoms with Crippen LogP contribution in [0.15, 0.2) is 18.2 Å². The second-order valence-corrected chi connectivity index (χ2v) is 3.85. The molecule has 1 heterocycles. The first-order valence-electron chi connectivity index (χ1n) is 4.77. The lowest BCUT2D eigenvalue weighted by Crippen LogP contribution is -2.15. The molecule has 0 aliphatic heterocycles. The lowest BCUT2D eigenvalue weighted by atomic mass is 10.2. The summed E-state index contributed by atoms with van der Waals surface area (Å²) in [4.78, 5) is 3.47. The van der Waals surface area contributed by atoms with E-state index in [1.165, 1.54) is 12.1 Å². The van der Waals surface area contributed by atoms with E-state index in [0.29, 0.717) is 12.4 Å². The number of pyridine rings is 1. The van der Waals surface area contributed by atoms with Gasteiger partial charge in [0.05, 0.1) is 0 Å². The predicted octanol–water partition coefficient (Wildman–Crippen LogP) is 3.39. The molecule has 0 spiro atoms. The maximum Gasteiger partial charge on any atom is 0.433 e. The highest BCUT2D eigenvalue weighted by atomic mass is 35.5. The van der Waals surface area contributed by atoms with E-state index >= 15 is 0 Å². The molecule has 0 aliphatic carbocycles. The largest absolute Gasteiger partial charge is 0.433 e. The molecule has 0 saturated carbocycles. The zero-order chi connectivity index (χ0) is 12.2. The Morgan fingerprint density at radius 3 is 2.69 bits per heavy atom. The van der Waals surface area contributed by atoms with Crippen molar-refractivity contribution in [3.8, 4) is 0 Å². The molecule has 0 bridgehead atoms. The van der Waals surface area contributed by atoms with Crippen LogP contribution in [0.4, 0.5) is 19.0 Å². The molecular formula is C10H12ClF3N2. The summed E-state index contributed by atoms with van der Waals surface area (Å²) in [6.45, 7) is 2.39. The third-order valence-corrected chi connectivity index (χ3v) is 2.46. The number of nitrogens with one attached hydrogen (secondary N) is 1. The van der Waals surface area contributed by atoms with E-state index in [9.17, 15) is 13.2 Å². The molecule has 0 saturated heterocycles. The van der Waals surface area contributed by atoms with Gasteiger partial charge in [0.2, 0.25) is 0 Å². The summed E-state index contributed by atoms with van der Waals surface area (Å²) in [5.74, 6) is 0.844. The average molecular weight is 253 g/mol. The van der Waals surface area contributed by atoms with E-state index in [1.54, 1.807) is 0 Å². The maximum absolute atomic E-state index is 12.3. The molecule has 0 aliphatic rings. The van der Waals surface area contributed by atoms with Crippen molar-refractivity contribution in [2.75, 3.05) is 17.7 Å². The van der Waals surface area contributed by atoms with Gasteiger partial charge in [0.1, 0.15) is 11.5 Å². The van der Waals surface area contributed by atoms with Gasteiger partial charge in [-0.1, -0.05) is 13.0 Å². The van der Waals surface area contributed by atoms with Gasteiger partial charge in [-0.15, -0.1) is 11.6 Å². The first-order valence-corrected chi connectivity index (χ1v) is 5.31. The number of hydrogen-bond acceptors (Lipinski definition) is 2. The summed E-state index contributed by atoms with van der Waals surface area (Å²) < 4.78 is 37.0. The van der Waals surface area contributed by atoms with Crippen LogP contribution in [0, 0.1) is 5.92 Å². The Bertz CT molecular complexity index is 341. The minimum absolute atomic E-state index is 0.179. The molecule has 0 radical (unpaired) electrons. The number of aromatic nitrogens is 1. The van der Waals surface area contributed by atoms with E-state index in [-0.39, 0.29) is 11.7 Å². The Kier molecular flexibility index (Phi) is 4.41. The normalized spacial score (nSPS) is 13.6. The van der Waals surface area contributed by atoms with Crippen LogP contribution in [0.1, 0.15) is 12.6 Å². The van der Waals surface area contributed by atoms with Gasteiger partial charge < -0.3 is 5.32 Å². The van der Waals surface area contributed by atoms with Crippen LogP contribution >= 0.6 is 11.6 Å². The van der Waals surface area contributed by atoms with Crippen molar-refractivity contribution in [2.45, 2.75) is 13.1 Å². The minimum Gasteiger partial charge on any atom is -0.370 e. The lowest BCUT2D eigenvalue weighted by molar-refractivity contribution is -0.141. The summed E-state index contributed by atoms with van der Waals surface area (Å²) in [6.07, 6.45) is -4.41. The monoisotopic (exact) mass is 252 g/mol. The summed E-state index contributed by atoms with van der Waals surface area (Å²) in [5, 5.41) is 2.81. The van der Waals surface area contributed by atoms with Crippen molar-refractivity contribution < 1.29 is 13.2 Å². The van der Waals surface area contributed by atoms with Crippen molar-refractivity contribution in [2.24, 2.45) is 5.92 Å². The molecule has 1 aromatic rings. The smallest absolute Gasteiger partial charge is 0.370 e. The Hall–Kier alpha value is -0.970. The molecule has 1 N–H and O–H groups in total. The average Bonchev–Trinajstić information content (AvgIpc) is 2.25. The highest BCUT2D eigenvalue weighted by molar-refractivity contribution is 6.18. The molecule has 90 valence electrons. The van der Waals surface area contributed by atoms with Gasteiger partial charge in [0, 0.05) is 12.4 Å². The summed E-state index contributed by atoms with van der Waals surface area (Å²) in [6, 6.07) is 3.76. The van der Waals surface area contributed by atoms with Crippen molar-refractivity contribution in [3.05, 3.63) is 23.9 Å². The van der Waals surface area contributed by atoms with Gasteiger partial charge >= 0.3 is 6.18 Å². The van der Waals surface area contributed by atoms with Crippen LogP contribution in [-0.2, 0) is 6.18 Å². The molecule has 6 heteroatoms. The quantitative estimate of drug-likeness (QED) is 0.831. The van der Waals surface area contributed by atoms with Crippen LogP contribution in [0.25, 0.3) is 0 Å². The molecule has 1 unspecified atom stereocenters. The Morgan fingerprint density at radius 1 is 1.44 bits per heavy atom. The van der Waals surface area contributed by atoms with Crippen LogP contribution in [0.3, 0.4) is 0 Å². The summed E-state index contributed by atoms with van der Waals surface area (Å²) >= 11 is 5.58. The molecule has 1 atom stereocenters. The predicted molar refractivity (Wildman–Crippen MR) is 57.6 cm³/mol. The van der Waals surface area contributed by atoms with Crippen molar-refractivity contribution >= 4 is 17.4 Å². The Balaban J connectivity index is 2.68. The molecule has 0 amide bonds.